The predicted octanol–water partition coefficient (Wildman–Crippen LogP) is 2.89. The lowest BCUT2D eigenvalue weighted by Crippen LogP contribution is -2.17. The summed E-state index contributed by atoms with van der Waals surface area (Å²) in [5.74, 6) is -0.235. The van der Waals surface area contributed by atoms with Crippen LogP contribution >= 0.6 is 23.6 Å². The van der Waals surface area contributed by atoms with Crippen LogP contribution < -0.4 is 5.43 Å². The first-order valence-corrected chi connectivity index (χ1v) is 6.87. The number of benzene rings is 1. The summed E-state index contributed by atoms with van der Waals surface area (Å²) in [5, 5.41) is 3.94. The molecule has 0 bridgehead atoms. The van der Waals surface area contributed by atoms with Gasteiger partial charge in [0.1, 0.15) is 4.88 Å². The Bertz CT molecular complexity index is 671. The van der Waals surface area contributed by atoms with Crippen LogP contribution in [0.1, 0.15) is 20.9 Å². The van der Waals surface area contributed by atoms with E-state index in [0.717, 1.165) is 11.3 Å². The van der Waals surface area contributed by atoms with Gasteiger partial charge < -0.3 is 4.57 Å². The van der Waals surface area contributed by atoms with Crippen molar-refractivity contribution in [2.75, 3.05) is 0 Å². The highest BCUT2D eigenvalue weighted by Crippen LogP contribution is 2.17. The van der Waals surface area contributed by atoms with Crippen molar-refractivity contribution in [1.29, 1.82) is 0 Å². The maximum Gasteiger partial charge on any atom is 0.283 e. The number of aromatic nitrogens is 1. The molecule has 0 radical (unpaired) electrons. The van der Waals surface area contributed by atoms with Gasteiger partial charge in [0.2, 0.25) is 0 Å². The SMILES string of the molecule is Cc1c(C(=O)NN=Cc2ccccc2)sc(=S)n1C. The Labute approximate surface area is 120 Å². The minimum Gasteiger partial charge on any atom is -0.330 e. The zero-order valence-electron chi connectivity index (χ0n) is 10.6. The van der Waals surface area contributed by atoms with Crippen molar-refractivity contribution in [3.8, 4) is 0 Å². The first-order chi connectivity index (χ1) is 9.09. The van der Waals surface area contributed by atoms with E-state index in [1.807, 2.05) is 48.9 Å². The number of nitrogens with zero attached hydrogens (tertiary/aromatic N) is 2. The molecule has 1 amide bonds. The minimum absolute atomic E-state index is 0.235. The second kappa shape index (κ2) is 5.90. The summed E-state index contributed by atoms with van der Waals surface area (Å²) in [6.45, 7) is 1.86. The fourth-order valence-corrected chi connectivity index (χ4v) is 2.74. The van der Waals surface area contributed by atoms with Gasteiger partial charge in [-0.05, 0) is 24.7 Å². The molecule has 1 N–H and O–H groups in total. The summed E-state index contributed by atoms with van der Waals surface area (Å²) in [6, 6.07) is 9.57. The zero-order chi connectivity index (χ0) is 13.8. The van der Waals surface area contributed by atoms with Crippen molar-refractivity contribution in [3.63, 3.8) is 0 Å². The van der Waals surface area contributed by atoms with Gasteiger partial charge >= 0.3 is 0 Å². The van der Waals surface area contributed by atoms with Gasteiger partial charge in [0.25, 0.3) is 5.91 Å². The first-order valence-electron chi connectivity index (χ1n) is 5.64. The Morgan fingerprint density at radius 2 is 2.11 bits per heavy atom. The van der Waals surface area contributed by atoms with Gasteiger partial charge in [-0.25, -0.2) is 5.43 Å². The Balaban J connectivity index is 2.08. The third kappa shape index (κ3) is 3.15. The van der Waals surface area contributed by atoms with Crippen LogP contribution in [-0.4, -0.2) is 16.7 Å². The first kappa shape index (κ1) is 13.6. The van der Waals surface area contributed by atoms with Crippen molar-refractivity contribution >= 4 is 35.7 Å². The number of thiazole rings is 1. The molecule has 0 aliphatic rings. The highest BCUT2D eigenvalue weighted by Gasteiger charge is 2.13. The molecular weight excluding hydrogens is 278 g/mol. The van der Waals surface area contributed by atoms with Crippen LogP contribution in [0.2, 0.25) is 0 Å². The van der Waals surface area contributed by atoms with E-state index in [9.17, 15) is 4.79 Å². The van der Waals surface area contributed by atoms with Gasteiger partial charge in [-0.15, -0.1) is 0 Å². The quantitative estimate of drug-likeness (QED) is 0.537. The van der Waals surface area contributed by atoms with E-state index >= 15 is 0 Å². The molecule has 19 heavy (non-hydrogen) atoms. The Hall–Kier alpha value is -1.79. The number of hydrogen-bond acceptors (Lipinski definition) is 4. The van der Waals surface area contributed by atoms with Crippen molar-refractivity contribution in [3.05, 3.63) is 50.4 Å². The molecule has 0 saturated heterocycles. The molecular formula is C13H13N3OS2. The van der Waals surface area contributed by atoms with E-state index in [4.69, 9.17) is 12.2 Å². The second-order valence-electron chi connectivity index (χ2n) is 3.95. The number of rotatable bonds is 3. The lowest BCUT2D eigenvalue weighted by Gasteiger charge is -1.99. The highest BCUT2D eigenvalue weighted by molar-refractivity contribution is 7.73. The van der Waals surface area contributed by atoms with Crippen molar-refractivity contribution in [1.82, 2.24) is 9.99 Å². The molecule has 6 heteroatoms. The largest absolute Gasteiger partial charge is 0.330 e. The molecule has 0 fully saturated rings. The van der Waals surface area contributed by atoms with Crippen LogP contribution in [0.15, 0.2) is 35.4 Å². The number of carbonyl (C=O) groups is 1. The molecule has 1 aromatic carbocycles. The number of carbonyl (C=O) groups excluding carboxylic acids is 1. The van der Waals surface area contributed by atoms with E-state index in [1.165, 1.54) is 11.3 Å². The lowest BCUT2D eigenvalue weighted by atomic mass is 10.2. The smallest absolute Gasteiger partial charge is 0.283 e. The summed E-state index contributed by atoms with van der Waals surface area (Å²) >= 11 is 6.42. The molecule has 2 aromatic rings. The van der Waals surface area contributed by atoms with Gasteiger partial charge in [-0.1, -0.05) is 41.7 Å². The molecule has 2 rings (SSSR count). The van der Waals surface area contributed by atoms with Crippen LogP contribution in [0.5, 0.6) is 0 Å². The Morgan fingerprint density at radius 1 is 1.42 bits per heavy atom. The fraction of sp³-hybridized carbons (Fsp3) is 0.154. The molecule has 0 unspecified atom stereocenters. The fourth-order valence-electron chi connectivity index (χ4n) is 1.48. The van der Waals surface area contributed by atoms with Gasteiger partial charge in [0.05, 0.1) is 6.21 Å². The van der Waals surface area contributed by atoms with Crippen molar-refractivity contribution in [2.45, 2.75) is 6.92 Å². The van der Waals surface area contributed by atoms with Crippen molar-refractivity contribution < 1.29 is 4.79 Å². The van der Waals surface area contributed by atoms with Gasteiger partial charge in [-0.2, -0.15) is 5.10 Å². The van der Waals surface area contributed by atoms with E-state index in [2.05, 4.69) is 10.5 Å². The molecule has 0 aliphatic heterocycles. The zero-order valence-corrected chi connectivity index (χ0v) is 12.2. The molecule has 0 saturated carbocycles. The topological polar surface area (TPSA) is 46.4 Å². The Morgan fingerprint density at radius 3 is 2.68 bits per heavy atom. The number of nitrogens with one attached hydrogen (secondary N) is 1. The van der Waals surface area contributed by atoms with Gasteiger partial charge in [0, 0.05) is 12.7 Å². The third-order valence-corrected chi connectivity index (χ3v) is 4.34. The molecule has 0 atom stereocenters. The van der Waals surface area contributed by atoms with Crippen LogP contribution in [-0.2, 0) is 7.05 Å². The average Bonchev–Trinajstić information content (AvgIpc) is 2.68. The van der Waals surface area contributed by atoms with Crippen LogP contribution in [0.4, 0.5) is 0 Å². The summed E-state index contributed by atoms with van der Waals surface area (Å²) in [5.41, 5.74) is 4.29. The van der Waals surface area contributed by atoms with Crippen LogP contribution in [0.25, 0.3) is 0 Å². The molecule has 4 nitrogen and oxygen atoms in total. The third-order valence-electron chi connectivity index (χ3n) is 2.68. The van der Waals surface area contributed by atoms with Crippen LogP contribution in [0, 0.1) is 10.9 Å². The summed E-state index contributed by atoms with van der Waals surface area (Å²) < 4.78 is 2.49. The molecule has 1 heterocycles. The monoisotopic (exact) mass is 291 g/mol. The highest BCUT2D eigenvalue weighted by atomic mass is 32.1. The predicted molar refractivity (Wildman–Crippen MR) is 80.4 cm³/mol. The standard InChI is InChI=1S/C13H13N3OS2/c1-9-11(19-13(18)16(9)2)12(17)15-14-8-10-6-4-3-5-7-10/h3-8H,1-2H3,(H,15,17). The normalized spacial score (nSPS) is 10.8. The Kier molecular flexibility index (Phi) is 4.24. The summed E-state index contributed by atoms with van der Waals surface area (Å²) in [4.78, 5) is 12.5. The van der Waals surface area contributed by atoms with Gasteiger partial charge in [-0.3, -0.25) is 4.79 Å². The minimum atomic E-state index is -0.235. The van der Waals surface area contributed by atoms with E-state index in [1.54, 1.807) is 6.21 Å². The van der Waals surface area contributed by atoms with Crippen molar-refractivity contribution in [2.24, 2.45) is 12.1 Å². The maximum absolute atomic E-state index is 11.9. The molecule has 0 aliphatic carbocycles. The number of amides is 1. The van der Waals surface area contributed by atoms with Crippen LogP contribution in [0.3, 0.4) is 0 Å². The molecule has 0 spiro atoms. The van der Waals surface area contributed by atoms with E-state index in [-0.39, 0.29) is 5.91 Å². The summed E-state index contributed by atoms with van der Waals surface area (Å²) in [7, 11) is 1.85. The molecule has 98 valence electrons. The lowest BCUT2D eigenvalue weighted by molar-refractivity contribution is 0.0958. The number of hydrogen-bond donors (Lipinski definition) is 1. The maximum atomic E-state index is 11.9. The summed E-state index contributed by atoms with van der Waals surface area (Å²) in [6.07, 6.45) is 1.61. The average molecular weight is 291 g/mol. The second-order valence-corrected chi connectivity index (χ2v) is 5.60. The van der Waals surface area contributed by atoms with E-state index in [0.29, 0.717) is 8.83 Å². The van der Waals surface area contributed by atoms with Gasteiger partial charge in [0.15, 0.2) is 3.95 Å². The molecule has 1 aromatic heterocycles. The van der Waals surface area contributed by atoms with E-state index < -0.39 is 0 Å². The number of hydrazone groups is 1.